The number of phenolic OH excluding ortho intramolecular Hbond substituents is 1. The molecule has 0 spiro atoms. The molecule has 1 saturated carbocycles. The molecule has 3 atom stereocenters. The van der Waals surface area contributed by atoms with Crippen LogP contribution in [0.5, 0.6) is 5.75 Å². The van der Waals surface area contributed by atoms with Gasteiger partial charge in [-0.3, -0.25) is 0 Å². The van der Waals surface area contributed by atoms with E-state index in [0.29, 0.717) is 18.3 Å². The van der Waals surface area contributed by atoms with Gasteiger partial charge in [0.05, 0.1) is 5.60 Å². The third-order valence-corrected chi connectivity index (χ3v) is 7.18. The molecule has 0 aliphatic heterocycles. The predicted octanol–water partition coefficient (Wildman–Crippen LogP) is 4.78. The second-order valence-electron chi connectivity index (χ2n) is 8.92. The van der Waals surface area contributed by atoms with Crippen molar-refractivity contribution >= 4 is 0 Å². The number of aromatic hydroxyl groups is 1. The number of aryl methyl sites for hydroxylation is 1. The van der Waals surface area contributed by atoms with Crippen LogP contribution in [0.2, 0.25) is 0 Å². The molecule has 0 amide bonds. The molecule has 2 N–H and O–H groups in total. The molecule has 3 heteroatoms. The Hall–Kier alpha value is -1.84. The van der Waals surface area contributed by atoms with Crippen LogP contribution in [0.4, 0.5) is 0 Å². The minimum Gasteiger partial charge on any atom is -0.508 e. The van der Waals surface area contributed by atoms with Gasteiger partial charge < -0.3 is 14.9 Å². The zero-order chi connectivity index (χ0) is 19.6. The molecule has 0 heterocycles. The molecule has 2 aromatic rings. The number of aliphatic hydroxyl groups is 1. The van der Waals surface area contributed by atoms with Crippen LogP contribution < -0.4 is 0 Å². The van der Waals surface area contributed by atoms with Crippen molar-refractivity contribution < 1.29 is 14.9 Å². The lowest BCUT2D eigenvalue weighted by Crippen LogP contribution is -2.51. The number of hydrogen-bond donors (Lipinski definition) is 2. The van der Waals surface area contributed by atoms with E-state index in [1.807, 2.05) is 12.1 Å². The quantitative estimate of drug-likeness (QED) is 0.709. The summed E-state index contributed by atoms with van der Waals surface area (Å²) in [7, 11) is 1.73. The minimum atomic E-state index is -0.572. The molecule has 0 unspecified atom stereocenters. The maximum Gasteiger partial charge on any atom is 0.115 e. The van der Waals surface area contributed by atoms with Gasteiger partial charge in [-0.1, -0.05) is 36.4 Å². The van der Waals surface area contributed by atoms with Crippen molar-refractivity contribution in [3.8, 4) is 5.75 Å². The molecular formula is C25H32O3. The van der Waals surface area contributed by atoms with Crippen LogP contribution in [0.25, 0.3) is 0 Å². The monoisotopic (exact) mass is 380 g/mol. The van der Waals surface area contributed by atoms with Crippen molar-refractivity contribution in [3.05, 3.63) is 65.2 Å². The van der Waals surface area contributed by atoms with E-state index in [-0.39, 0.29) is 5.41 Å². The second-order valence-corrected chi connectivity index (χ2v) is 8.92. The van der Waals surface area contributed by atoms with E-state index in [1.165, 1.54) is 16.7 Å². The number of benzene rings is 2. The Kier molecular flexibility index (Phi) is 5.48. The fourth-order valence-electron chi connectivity index (χ4n) is 5.81. The second kappa shape index (κ2) is 7.88. The van der Waals surface area contributed by atoms with E-state index in [1.54, 1.807) is 7.11 Å². The first-order valence-corrected chi connectivity index (χ1v) is 10.6. The first-order valence-electron chi connectivity index (χ1n) is 10.6. The summed E-state index contributed by atoms with van der Waals surface area (Å²) in [6.07, 6.45) is 7.49. The zero-order valence-corrected chi connectivity index (χ0v) is 16.9. The Bertz CT molecular complexity index is 803. The molecule has 3 nitrogen and oxygen atoms in total. The van der Waals surface area contributed by atoms with Crippen molar-refractivity contribution in [2.24, 2.45) is 5.92 Å². The fraction of sp³-hybridized carbons (Fsp3) is 0.520. The molecule has 28 heavy (non-hydrogen) atoms. The highest BCUT2D eigenvalue weighted by atomic mass is 16.5. The van der Waals surface area contributed by atoms with E-state index in [4.69, 9.17) is 4.74 Å². The molecule has 2 aliphatic carbocycles. The number of hydrogen-bond acceptors (Lipinski definition) is 3. The van der Waals surface area contributed by atoms with Gasteiger partial charge in [-0.05, 0) is 86.1 Å². The predicted molar refractivity (Wildman–Crippen MR) is 112 cm³/mol. The Labute approximate surface area is 168 Å². The number of ether oxygens (including phenoxy) is 1. The van der Waals surface area contributed by atoms with Crippen molar-refractivity contribution in [2.45, 2.75) is 62.4 Å². The highest BCUT2D eigenvalue weighted by molar-refractivity contribution is 5.44. The first kappa shape index (κ1) is 19.5. The van der Waals surface area contributed by atoms with Gasteiger partial charge in [0.1, 0.15) is 5.75 Å². The molecular weight excluding hydrogens is 348 g/mol. The average Bonchev–Trinajstić information content (AvgIpc) is 2.69. The number of fused-ring (bicyclic) bond motifs is 3. The van der Waals surface area contributed by atoms with Crippen molar-refractivity contribution in [3.63, 3.8) is 0 Å². The van der Waals surface area contributed by atoms with Gasteiger partial charge >= 0.3 is 0 Å². The lowest BCUT2D eigenvalue weighted by molar-refractivity contribution is -0.0599. The minimum absolute atomic E-state index is 0.0517. The largest absolute Gasteiger partial charge is 0.508 e. The molecule has 0 radical (unpaired) electrons. The van der Waals surface area contributed by atoms with Gasteiger partial charge in [-0.2, -0.15) is 0 Å². The van der Waals surface area contributed by atoms with Crippen LogP contribution >= 0.6 is 0 Å². The lowest BCUT2D eigenvalue weighted by Gasteiger charge is -2.53. The van der Waals surface area contributed by atoms with Crippen LogP contribution in [0.3, 0.4) is 0 Å². The molecule has 0 saturated heterocycles. The Morgan fingerprint density at radius 3 is 2.71 bits per heavy atom. The third-order valence-electron chi connectivity index (χ3n) is 7.18. The van der Waals surface area contributed by atoms with Crippen LogP contribution in [0.1, 0.15) is 55.2 Å². The molecule has 0 aromatic heterocycles. The maximum absolute atomic E-state index is 11.3. The van der Waals surface area contributed by atoms with E-state index < -0.39 is 5.60 Å². The summed E-state index contributed by atoms with van der Waals surface area (Å²) < 4.78 is 5.21. The summed E-state index contributed by atoms with van der Waals surface area (Å²) in [6.45, 7) is 0.713. The fourth-order valence-corrected chi connectivity index (χ4v) is 5.81. The zero-order valence-electron chi connectivity index (χ0n) is 16.9. The Morgan fingerprint density at radius 1 is 1.11 bits per heavy atom. The first-order chi connectivity index (χ1) is 13.5. The smallest absolute Gasteiger partial charge is 0.115 e. The van der Waals surface area contributed by atoms with Crippen molar-refractivity contribution in [2.75, 3.05) is 13.7 Å². The highest BCUT2D eigenvalue weighted by Gasteiger charge is 2.51. The molecule has 4 rings (SSSR count). The highest BCUT2D eigenvalue weighted by Crippen LogP contribution is 2.55. The van der Waals surface area contributed by atoms with Gasteiger partial charge in [0.2, 0.25) is 0 Å². The average molecular weight is 381 g/mol. The Balaban J connectivity index is 1.67. The van der Waals surface area contributed by atoms with Crippen LogP contribution in [-0.2, 0) is 23.0 Å². The van der Waals surface area contributed by atoms with E-state index in [9.17, 15) is 10.2 Å². The summed E-state index contributed by atoms with van der Waals surface area (Å²) in [5, 5.41) is 21.3. The van der Waals surface area contributed by atoms with Crippen LogP contribution in [0.15, 0.2) is 48.5 Å². The summed E-state index contributed by atoms with van der Waals surface area (Å²) in [4.78, 5) is 0. The Morgan fingerprint density at radius 2 is 1.93 bits per heavy atom. The van der Waals surface area contributed by atoms with E-state index >= 15 is 0 Å². The van der Waals surface area contributed by atoms with Gasteiger partial charge in [0.15, 0.2) is 0 Å². The summed E-state index contributed by atoms with van der Waals surface area (Å²) in [5.41, 5.74) is 3.52. The van der Waals surface area contributed by atoms with Gasteiger partial charge in [0.25, 0.3) is 0 Å². The van der Waals surface area contributed by atoms with Gasteiger partial charge in [-0.15, -0.1) is 0 Å². The normalized spacial score (nSPS) is 29.1. The standard InChI is InChI=1S/C25H32O3/c1-28-15-5-12-24(27)13-14-25(17-19-6-3-2-4-7-19)21(18-24)9-8-20-16-22(26)10-11-23(20)25/h2-4,6-7,10-11,16,21,26-27H,5,8-9,12-15,17-18H2,1H3/t21-,24-,25+/m1/s1. The number of methoxy groups -OCH3 is 1. The van der Waals surface area contributed by atoms with Gasteiger partial charge in [0, 0.05) is 19.1 Å². The topological polar surface area (TPSA) is 49.7 Å². The van der Waals surface area contributed by atoms with Crippen LogP contribution in [-0.4, -0.2) is 29.5 Å². The molecule has 2 aromatic carbocycles. The molecule has 150 valence electrons. The number of rotatable bonds is 6. The van der Waals surface area contributed by atoms with Crippen molar-refractivity contribution in [1.82, 2.24) is 0 Å². The summed E-state index contributed by atoms with van der Waals surface area (Å²) in [5.74, 6) is 0.824. The van der Waals surface area contributed by atoms with Crippen molar-refractivity contribution in [1.29, 1.82) is 0 Å². The van der Waals surface area contributed by atoms with E-state index in [2.05, 4.69) is 36.4 Å². The number of phenols is 1. The molecule has 1 fully saturated rings. The molecule has 0 bridgehead atoms. The third kappa shape index (κ3) is 3.70. The summed E-state index contributed by atoms with van der Waals surface area (Å²) in [6, 6.07) is 16.7. The lowest BCUT2D eigenvalue weighted by atomic mass is 9.52. The maximum atomic E-state index is 11.3. The van der Waals surface area contributed by atoms with E-state index in [0.717, 1.165) is 51.4 Å². The SMILES string of the molecule is COCCC[C@@]1(O)CC[C@@]2(Cc3ccccc3)c3ccc(O)cc3CC[C@@H]2C1. The van der Waals surface area contributed by atoms with Crippen LogP contribution in [0, 0.1) is 5.92 Å². The summed E-state index contributed by atoms with van der Waals surface area (Å²) >= 11 is 0. The molecule has 2 aliphatic rings. The van der Waals surface area contributed by atoms with Gasteiger partial charge in [-0.25, -0.2) is 0 Å².